The first kappa shape index (κ1) is 12.9. The van der Waals surface area contributed by atoms with Crippen LogP contribution in [0.25, 0.3) is 0 Å². The molecule has 1 heterocycles. The molecule has 90 valence electrons. The zero-order valence-corrected chi connectivity index (χ0v) is 10.1. The highest BCUT2D eigenvalue weighted by Gasteiger charge is 2.16. The molecule has 0 spiro atoms. The molecule has 0 aromatic carbocycles. The van der Waals surface area contributed by atoms with Gasteiger partial charge in [0.05, 0.1) is 11.5 Å². The van der Waals surface area contributed by atoms with E-state index in [-0.39, 0.29) is 0 Å². The number of unbranched alkanes of at least 4 members (excludes halogenated alkanes) is 1. The van der Waals surface area contributed by atoms with Gasteiger partial charge in [-0.3, -0.25) is 0 Å². The third-order valence-electron chi connectivity index (χ3n) is 2.83. The van der Waals surface area contributed by atoms with Crippen molar-refractivity contribution in [2.24, 2.45) is 5.73 Å². The lowest BCUT2D eigenvalue weighted by molar-refractivity contribution is 0.359. The van der Waals surface area contributed by atoms with Crippen LogP contribution in [-0.2, 0) is 9.84 Å². The first-order valence-corrected chi connectivity index (χ1v) is 7.59. The maximum absolute atomic E-state index is 11.6. The van der Waals surface area contributed by atoms with E-state index in [0.717, 1.165) is 19.5 Å². The Morgan fingerprint density at radius 3 is 2.33 bits per heavy atom. The Morgan fingerprint density at radius 2 is 1.73 bits per heavy atom. The topological polar surface area (TPSA) is 63.4 Å². The molecule has 1 fully saturated rings. The number of hydrogen-bond donors (Lipinski definition) is 1. The number of nitrogens with zero attached hydrogens (tertiary/aromatic N) is 1. The summed E-state index contributed by atoms with van der Waals surface area (Å²) in [5, 5.41) is 0. The van der Waals surface area contributed by atoms with Crippen molar-refractivity contribution in [2.75, 3.05) is 37.7 Å². The van der Waals surface area contributed by atoms with Gasteiger partial charge in [-0.05, 0) is 45.3 Å². The van der Waals surface area contributed by atoms with Gasteiger partial charge < -0.3 is 10.6 Å². The molecule has 4 nitrogen and oxygen atoms in total. The van der Waals surface area contributed by atoms with E-state index in [0.29, 0.717) is 31.0 Å². The van der Waals surface area contributed by atoms with Crippen LogP contribution in [0.1, 0.15) is 25.7 Å². The van der Waals surface area contributed by atoms with E-state index in [4.69, 9.17) is 5.73 Å². The second-order valence-electron chi connectivity index (χ2n) is 4.20. The molecule has 1 aliphatic heterocycles. The molecule has 1 aliphatic rings. The van der Waals surface area contributed by atoms with Crippen LogP contribution in [0.2, 0.25) is 0 Å². The number of nitrogens with two attached hydrogens (primary N) is 1. The van der Waals surface area contributed by atoms with Crippen molar-refractivity contribution in [1.29, 1.82) is 0 Å². The maximum Gasteiger partial charge on any atom is 0.151 e. The minimum absolute atomic E-state index is 0.304. The Morgan fingerprint density at radius 1 is 1.07 bits per heavy atom. The van der Waals surface area contributed by atoms with Crippen LogP contribution in [0.4, 0.5) is 0 Å². The molecule has 0 bridgehead atoms. The van der Waals surface area contributed by atoms with E-state index in [1.165, 1.54) is 12.8 Å². The SMILES string of the molecule is NCCCCS(=O)(=O)CCN1CCCC1. The van der Waals surface area contributed by atoms with Crippen LogP contribution in [-0.4, -0.2) is 51.0 Å². The Labute approximate surface area is 92.7 Å². The van der Waals surface area contributed by atoms with E-state index in [2.05, 4.69) is 4.90 Å². The standard InChI is InChI=1S/C10H22N2O2S/c11-5-1-4-9-15(13,14)10-8-12-6-2-3-7-12/h1-11H2. The molecular formula is C10H22N2O2S. The highest BCUT2D eigenvalue weighted by Crippen LogP contribution is 2.07. The van der Waals surface area contributed by atoms with E-state index >= 15 is 0 Å². The van der Waals surface area contributed by atoms with Crippen molar-refractivity contribution in [3.8, 4) is 0 Å². The van der Waals surface area contributed by atoms with Crippen LogP contribution < -0.4 is 5.73 Å². The second kappa shape index (κ2) is 6.45. The number of rotatable bonds is 7. The fourth-order valence-corrected chi connectivity index (χ4v) is 3.23. The van der Waals surface area contributed by atoms with Gasteiger partial charge in [0.1, 0.15) is 0 Å². The van der Waals surface area contributed by atoms with Crippen LogP contribution >= 0.6 is 0 Å². The molecule has 0 saturated carbocycles. The molecule has 2 N–H and O–H groups in total. The molecular weight excluding hydrogens is 212 g/mol. The zero-order chi connectivity index (χ0) is 11.1. The smallest absolute Gasteiger partial charge is 0.151 e. The molecule has 5 heteroatoms. The highest BCUT2D eigenvalue weighted by atomic mass is 32.2. The highest BCUT2D eigenvalue weighted by molar-refractivity contribution is 7.91. The molecule has 1 saturated heterocycles. The molecule has 0 aromatic heterocycles. The molecule has 0 aromatic rings. The normalized spacial score (nSPS) is 18.5. The van der Waals surface area contributed by atoms with E-state index in [9.17, 15) is 8.42 Å². The summed E-state index contributed by atoms with van der Waals surface area (Å²) in [6, 6.07) is 0. The first-order chi connectivity index (χ1) is 7.14. The van der Waals surface area contributed by atoms with Gasteiger partial charge in [-0.1, -0.05) is 0 Å². The fraction of sp³-hybridized carbons (Fsp3) is 1.00. The Balaban J connectivity index is 2.17. The number of sulfone groups is 1. The van der Waals surface area contributed by atoms with Crippen molar-refractivity contribution < 1.29 is 8.42 Å². The zero-order valence-electron chi connectivity index (χ0n) is 9.32. The third kappa shape index (κ3) is 5.49. The fourth-order valence-electron chi connectivity index (χ4n) is 1.84. The monoisotopic (exact) mass is 234 g/mol. The Kier molecular flexibility index (Phi) is 5.56. The molecule has 15 heavy (non-hydrogen) atoms. The predicted octanol–water partition coefficient (Wildman–Crippen LogP) is 0.236. The second-order valence-corrected chi connectivity index (χ2v) is 6.50. The summed E-state index contributed by atoms with van der Waals surface area (Å²) in [6.07, 6.45) is 3.95. The van der Waals surface area contributed by atoms with Gasteiger partial charge in [0.15, 0.2) is 9.84 Å². The summed E-state index contributed by atoms with van der Waals surface area (Å²) in [7, 11) is -2.84. The van der Waals surface area contributed by atoms with Crippen molar-refractivity contribution in [3.63, 3.8) is 0 Å². The van der Waals surface area contributed by atoms with Gasteiger partial charge in [-0.2, -0.15) is 0 Å². The summed E-state index contributed by atoms with van der Waals surface area (Å²) in [5.74, 6) is 0.621. The summed E-state index contributed by atoms with van der Waals surface area (Å²) < 4.78 is 23.2. The van der Waals surface area contributed by atoms with Gasteiger partial charge in [0, 0.05) is 6.54 Å². The van der Waals surface area contributed by atoms with Crippen LogP contribution in [0, 0.1) is 0 Å². The number of likely N-dealkylation sites (tertiary alicyclic amines) is 1. The minimum atomic E-state index is -2.84. The van der Waals surface area contributed by atoms with Gasteiger partial charge >= 0.3 is 0 Å². The maximum atomic E-state index is 11.6. The Hall–Kier alpha value is -0.130. The Bertz CT molecular complexity index is 259. The van der Waals surface area contributed by atoms with Gasteiger partial charge in [-0.15, -0.1) is 0 Å². The number of hydrogen-bond acceptors (Lipinski definition) is 4. The summed E-state index contributed by atoms with van der Waals surface area (Å²) >= 11 is 0. The molecule has 0 atom stereocenters. The average Bonchev–Trinajstić information content (AvgIpc) is 2.68. The molecule has 0 unspecified atom stereocenters. The quantitative estimate of drug-likeness (QED) is 0.641. The van der Waals surface area contributed by atoms with Crippen molar-refractivity contribution in [3.05, 3.63) is 0 Å². The largest absolute Gasteiger partial charge is 0.330 e. The van der Waals surface area contributed by atoms with Crippen molar-refractivity contribution in [1.82, 2.24) is 4.90 Å². The summed E-state index contributed by atoms with van der Waals surface area (Å²) in [4.78, 5) is 2.24. The lowest BCUT2D eigenvalue weighted by Gasteiger charge is -2.14. The van der Waals surface area contributed by atoms with E-state index in [1.807, 2.05) is 0 Å². The third-order valence-corrected chi connectivity index (χ3v) is 4.54. The van der Waals surface area contributed by atoms with E-state index in [1.54, 1.807) is 0 Å². The minimum Gasteiger partial charge on any atom is -0.330 e. The molecule has 1 rings (SSSR count). The van der Waals surface area contributed by atoms with Crippen molar-refractivity contribution >= 4 is 9.84 Å². The summed E-state index contributed by atoms with van der Waals surface area (Å²) in [5.41, 5.74) is 5.33. The molecule has 0 amide bonds. The average molecular weight is 234 g/mol. The summed E-state index contributed by atoms with van der Waals surface area (Å²) in [6.45, 7) is 3.43. The van der Waals surface area contributed by atoms with Crippen LogP contribution in [0.3, 0.4) is 0 Å². The molecule has 0 aliphatic carbocycles. The lowest BCUT2D eigenvalue weighted by atomic mass is 10.3. The lowest BCUT2D eigenvalue weighted by Crippen LogP contribution is -2.27. The predicted molar refractivity (Wildman–Crippen MR) is 62.6 cm³/mol. The van der Waals surface area contributed by atoms with E-state index < -0.39 is 9.84 Å². The van der Waals surface area contributed by atoms with Crippen LogP contribution in [0.5, 0.6) is 0 Å². The van der Waals surface area contributed by atoms with Crippen molar-refractivity contribution in [2.45, 2.75) is 25.7 Å². The van der Waals surface area contributed by atoms with Crippen LogP contribution in [0.15, 0.2) is 0 Å². The molecule has 0 radical (unpaired) electrons. The van der Waals surface area contributed by atoms with Gasteiger partial charge in [0.2, 0.25) is 0 Å². The van der Waals surface area contributed by atoms with Gasteiger partial charge in [0.25, 0.3) is 0 Å². The van der Waals surface area contributed by atoms with Gasteiger partial charge in [-0.25, -0.2) is 8.42 Å². The first-order valence-electron chi connectivity index (χ1n) is 5.77.